The fourth-order valence-corrected chi connectivity index (χ4v) is 4.11. The molecule has 4 rings (SSSR count). The third-order valence-corrected chi connectivity index (χ3v) is 5.89. The molecule has 0 aromatic heterocycles. The lowest BCUT2D eigenvalue weighted by molar-refractivity contribution is 0.0735. The summed E-state index contributed by atoms with van der Waals surface area (Å²) in [5.74, 6) is -0.560. The van der Waals surface area contributed by atoms with Gasteiger partial charge in [0.2, 0.25) is 0 Å². The first-order valence-electron chi connectivity index (χ1n) is 9.70. The van der Waals surface area contributed by atoms with Gasteiger partial charge >= 0.3 is 5.97 Å². The van der Waals surface area contributed by atoms with E-state index in [0.717, 1.165) is 10.8 Å². The maximum atomic E-state index is 12.8. The van der Waals surface area contributed by atoms with E-state index in [0.29, 0.717) is 26.4 Å². The molecule has 4 aromatic rings. The molecule has 0 saturated heterocycles. The molecule has 1 amide bonds. The summed E-state index contributed by atoms with van der Waals surface area (Å²) in [7, 11) is 0. The van der Waals surface area contributed by atoms with E-state index in [4.69, 9.17) is 27.9 Å². The highest BCUT2D eigenvalue weighted by Crippen LogP contribution is 2.28. The number of nitrogens with zero attached hydrogens (tertiary/aromatic N) is 1. The van der Waals surface area contributed by atoms with E-state index in [9.17, 15) is 9.59 Å². The van der Waals surface area contributed by atoms with Crippen LogP contribution >= 0.6 is 39.1 Å². The van der Waals surface area contributed by atoms with Crippen molar-refractivity contribution in [3.8, 4) is 5.75 Å². The van der Waals surface area contributed by atoms with Crippen molar-refractivity contribution in [1.29, 1.82) is 0 Å². The van der Waals surface area contributed by atoms with Gasteiger partial charge in [0.25, 0.3) is 5.91 Å². The van der Waals surface area contributed by atoms with Crippen LogP contribution in [0.5, 0.6) is 5.75 Å². The zero-order chi connectivity index (χ0) is 23.4. The zero-order valence-corrected chi connectivity index (χ0v) is 20.0. The van der Waals surface area contributed by atoms with Gasteiger partial charge in [0.1, 0.15) is 5.75 Å². The molecule has 0 aliphatic rings. The van der Waals surface area contributed by atoms with E-state index < -0.39 is 11.9 Å². The predicted molar refractivity (Wildman–Crippen MR) is 135 cm³/mol. The molecule has 0 aliphatic carbocycles. The fraction of sp³-hybridized carbons (Fsp3) is 0. The highest BCUT2D eigenvalue weighted by Gasteiger charge is 2.14. The minimum atomic E-state index is -0.465. The lowest BCUT2D eigenvalue weighted by atomic mass is 10.0. The van der Waals surface area contributed by atoms with Gasteiger partial charge in [0, 0.05) is 5.02 Å². The maximum Gasteiger partial charge on any atom is 0.344 e. The Bertz CT molecular complexity index is 1400. The van der Waals surface area contributed by atoms with Crippen molar-refractivity contribution in [2.24, 2.45) is 5.10 Å². The number of fused-ring (bicyclic) bond motifs is 1. The number of halogens is 3. The summed E-state index contributed by atoms with van der Waals surface area (Å²) >= 11 is 15.3. The number of carbonyl (C=O) groups excluding carboxylic acids is 2. The van der Waals surface area contributed by atoms with Crippen LogP contribution in [0.3, 0.4) is 0 Å². The first-order valence-corrected chi connectivity index (χ1v) is 11.3. The molecular weight excluding hydrogens is 527 g/mol. The Hall–Kier alpha value is -3.19. The number of hydrazone groups is 1. The monoisotopic (exact) mass is 540 g/mol. The van der Waals surface area contributed by atoms with E-state index in [1.165, 1.54) is 18.3 Å². The lowest BCUT2D eigenvalue weighted by Gasteiger charge is -2.09. The van der Waals surface area contributed by atoms with Gasteiger partial charge in [-0.1, -0.05) is 59.6 Å². The molecule has 5 nitrogen and oxygen atoms in total. The smallest absolute Gasteiger partial charge is 0.344 e. The van der Waals surface area contributed by atoms with Gasteiger partial charge in [-0.05, 0) is 74.7 Å². The summed E-state index contributed by atoms with van der Waals surface area (Å²) in [4.78, 5) is 25.0. The van der Waals surface area contributed by atoms with Crippen molar-refractivity contribution in [2.75, 3.05) is 0 Å². The Morgan fingerprint density at radius 3 is 2.48 bits per heavy atom. The van der Waals surface area contributed by atoms with Crippen molar-refractivity contribution in [2.45, 2.75) is 0 Å². The van der Waals surface area contributed by atoms with E-state index in [1.54, 1.807) is 30.3 Å². The van der Waals surface area contributed by atoms with Gasteiger partial charge in [-0.15, -0.1) is 0 Å². The van der Waals surface area contributed by atoms with Crippen LogP contribution in [0.4, 0.5) is 0 Å². The molecule has 33 heavy (non-hydrogen) atoms. The number of esters is 1. The highest BCUT2D eigenvalue weighted by atomic mass is 79.9. The molecule has 0 atom stereocenters. The Morgan fingerprint density at radius 1 is 0.909 bits per heavy atom. The number of hydrogen-bond donors (Lipinski definition) is 1. The molecular formula is C25H15BrCl2N2O3. The number of rotatable bonds is 5. The fourth-order valence-electron chi connectivity index (χ4n) is 3.14. The summed E-state index contributed by atoms with van der Waals surface area (Å²) in [6.07, 6.45) is 1.46. The van der Waals surface area contributed by atoms with E-state index in [1.807, 2.05) is 36.4 Å². The topological polar surface area (TPSA) is 67.8 Å². The SMILES string of the molecule is O=C(N/N=C\c1ccc(OC(=O)c2cccc3ccccc23)c(Br)c1)c1ccc(Cl)cc1Cl. The van der Waals surface area contributed by atoms with Crippen LogP contribution in [0.25, 0.3) is 10.8 Å². The summed E-state index contributed by atoms with van der Waals surface area (Å²) in [5, 5.41) is 6.40. The molecule has 4 aromatic carbocycles. The first kappa shape index (κ1) is 23.0. The lowest BCUT2D eigenvalue weighted by Crippen LogP contribution is -2.18. The normalized spacial score (nSPS) is 11.0. The van der Waals surface area contributed by atoms with Gasteiger partial charge in [-0.2, -0.15) is 5.10 Å². The van der Waals surface area contributed by atoms with Crippen LogP contribution < -0.4 is 10.2 Å². The second kappa shape index (κ2) is 10.2. The van der Waals surface area contributed by atoms with Crippen LogP contribution in [-0.2, 0) is 0 Å². The quantitative estimate of drug-likeness (QED) is 0.129. The molecule has 0 fully saturated rings. The molecule has 8 heteroatoms. The van der Waals surface area contributed by atoms with Crippen molar-refractivity contribution in [1.82, 2.24) is 5.43 Å². The Labute approximate surface area is 208 Å². The average Bonchev–Trinajstić information content (AvgIpc) is 2.80. The van der Waals surface area contributed by atoms with Crippen molar-refractivity contribution in [3.63, 3.8) is 0 Å². The van der Waals surface area contributed by atoms with Gasteiger partial charge in [0.15, 0.2) is 0 Å². The first-order chi connectivity index (χ1) is 15.9. The molecule has 0 saturated carbocycles. The summed E-state index contributed by atoms with van der Waals surface area (Å²) < 4.78 is 6.15. The van der Waals surface area contributed by atoms with Gasteiger partial charge in [0.05, 0.1) is 26.8 Å². The molecule has 0 spiro atoms. The van der Waals surface area contributed by atoms with Crippen LogP contribution in [0.15, 0.2) is 88.4 Å². The van der Waals surface area contributed by atoms with Crippen molar-refractivity contribution >= 4 is 68.0 Å². The number of nitrogens with one attached hydrogen (secondary N) is 1. The third kappa shape index (κ3) is 5.42. The predicted octanol–water partition coefficient (Wildman–Crippen LogP) is 6.89. The molecule has 0 bridgehead atoms. The van der Waals surface area contributed by atoms with Crippen LogP contribution in [0.2, 0.25) is 10.0 Å². The maximum absolute atomic E-state index is 12.8. The zero-order valence-electron chi connectivity index (χ0n) is 16.9. The third-order valence-electron chi connectivity index (χ3n) is 4.72. The average molecular weight is 542 g/mol. The Kier molecular flexibility index (Phi) is 7.08. The molecule has 0 radical (unpaired) electrons. The van der Waals surface area contributed by atoms with Gasteiger partial charge in [-0.25, -0.2) is 10.2 Å². The summed E-state index contributed by atoms with van der Waals surface area (Å²) in [6, 6.07) is 22.8. The number of amides is 1. The number of benzene rings is 4. The second-order valence-electron chi connectivity index (χ2n) is 6.93. The van der Waals surface area contributed by atoms with E-state index >= 15 is 0 Å². The minimum Gasteiger partial charge on any atom is -0.422 e. The van der Waals surface area contributed by atoms with Gasteiger partial charge in [-0.3, -0.25) is 4.79 Å². The molecule has 0 aliphatic heterocycles. The molecule has 0 heterocycles. The van der Waals surface area contributed by atoms with Crippen LogP contribution in [0, 0.1) is 0 Å². The van der Waals surface area contributed by atoms with Crippen molar-refractivity contribution in [3.05, 3.63) is 110 Å². The van der Waals surface area contributed by atoms with Crippen LogP contribution in [-0.4, -0.2) is 18.1 Å². The van der Waals surface area contributed by atoms with E-state index in [-0.39, 0.29) is 10.6 Å². The Balaban J connectivity index is 1.44. The molecule has 0 unspecified atom stereocenters. The molecule has 1 N–H and O–H groups in total. The number of carbonyl (C=O) groups is 2. The number of hydrogen-bond acceptors (Lipinski definition) is 4. The van der Waals surface area contributed by atoms with Gasteiger partial charge < -0.3 is 4.74 Å². The van der Waals surface area contributed by atoms with Crippen molar-refractivity contribution < 1.29 is 14.3 Å². The molecule has 164 valence electrons. The number of ether oxygens (including phenoxy) is 1. The Morgan fingerprint density at radius 2 is 1.70 bits per heavy atom. The summed E-state index contributed by atoms with van der Waals surface area (Å²) in [5.41, 5.74) is 3.83. The highest BCUT2D eigenvalue weighted by molar-refractivity contribution is 9.10. The van der Waals surface area contributed by atoms with Crippen LogP contribution in [0.1, 0.15) is 26.3 Å². The summed E-state index contributed by atoms with van der Waals surface area (Å²) in [6.45, 7) is 0. The second-order valence-corrected chi connectivity index (χ2v) is 8.63. The van der Waals surface area contributed by atoms with E-state index in [2.05, 4.69) is 26.5 Å². The standard InChI is InChI=1S/C25H15BrCl2N2O3/c26-21-12-15(14-29-30-24(31)20-10-9-17(27)13-22(20)28)8-11-23(21)33-25(32)19-7-3-5-16-4-1-2-6-18(16)19/h1-14H,(H,30,31)/b29-14-. The minimum absolute atomic E-state index is 0.232. The largest absolute Gasteiger partial charge is 0.422 e.